The van der Waals surface area contributed by atoms with Crippen LogP contribution >= 0.6 is 0 Å². The number of nitriles is 1. The van der Waals surface area contributed by atoms with Crippen LogP contribution in [0.25, 0.3) is 0 Å². The molecule has 1 aromatic carbocycles. The summed E-state index contributed by atoms with van der Waals surface area (Å²) in [5, 5.41) is 12.4. The molecule has 0 unspecified atom stereocenters. The number of halogens is 1. The lowest BCUT2D eigenvalue weighted by atomic mass is 10.2. The highest BCUT2D eigenvalue weighted by molar-refractivity contribution is 5.31. The molecule has 0 N–H and O–H groups in total. The second-order valence-corrected chi connectivity index (χ2v) is 3.31. The van der Waals surface area contributed by atoms with Crippen molar-refractivity contribution >= 4 is 0 Å². The normalized spacial score (nSPS) is 9.94. The van der Waals surface area contributed by atoms with Gasteiger partial charge in [0.05, 0.1) is 13.7 Å². The quantitative estimate of drug-likeness (QED) is 0.801. The topological polar surface area (TPSA) is 63.7 Å². The predicted octanol–water partition coefficient (Wildman–Crippen LogP) is 1.35. The summed E-state index contributed by atoms with van der Waals surface area (Å²) in [4.78, 5) is 3.74. The van der Waals surface area contributed by atoms with E-state index in [0.717, 1.165) is 0 Å². The van der Waals surface area contributed by atoms with Crippen molar-refractivity contribution < 1.29 is 9.13 Å². The second kappa shape index (κ2) is 4.61. The Hall–Kier alpha value is -2.42. The summed E-state index contributed by atoms with van der Waals surface area (Å²) < 4.78 is 20.1. The van der Waals surface area contributed by atoms with Crippen LogP contribution in [-0.2, 0) is 6.54 Å². The first-order valence-electron chi connectivity index (χ1n) is 4.85. The number of hydrogen-bond donors (Lipinski definition) is 0. The molecule has 0 bridgehead atoms. The maximum absolute atomic E-state index is 13.8. The number of ether oxygens (including phenoxy) is 1. The van der Waals surface area contributed by atoms with Crippen molar-refractivity contribution in [2.75, 3.05) is 7.11 Å². The minimum atomic E-state index is -0.427. The fourth-order valence-electron chi connectivity index (χ4n) is 1.43. The van der Waals surface area contributed by atoms with Gasteiger partial charge in [-0.1, -0.05) is 12.1 Å². The van der Waals surface area contributed by atoms with Gasteiger partial charge < -0.3 is 4.74 Å². The zero-order chi connectivity index (χ0) is 12.3. The van der Waals surface area contributed by atoms with Gasteiger partial charge in [0.2, 0.25) is 0 Å². The molecule has 0 saturated heterocycles. The largest absolute Gasteiger partial charge is 0.494 e. The third-order valence-corrected chi connectivity index (χ3v) is 2.23. The number of aromatic nitrogens is 3. The first-order valence-corrected chi connectivity index (χ1v) is 4.85. The molecule has 5 nitrogen and oxygen atoms in total. The van der Waals surface area contributed by atoms with Gasteiger partial charge in [-0.2, -0.15) is 5.26 Å². The third kappa shape index (κ3) is 2.23. The fourth-order valence-corrected chi connectivity index (χ4v) is 1.43. The van der Waals surface area contributed by atoms with Crippen LogP contribution in [0, 0.1) is 17.1 Å². The zero-order valence-corrected chi connectivity index (χ0v) is 9.09. The molecule has 6 heteroatoms. The van der Waals surface area contributed by atoms with E-state index >= 15 is 0 Å². The lowest BCUT2D eigenvalue weighted by Gasteiger charge is -2.06. The molecule has 0 amide bonds. The Morgan fingerprint density at radius 2 is 2.35 bits per heavy atom. The molecule has 1 heterocycles. The molecular weight excluding hydrogens is 223 g/mol. The van der Waals surface area contributed by atoms with E-state index in [-0.39, 0.29) is 18.1 Å². The van der Waals surface area contributed by atoms with Crippen molar-refractivity contribution in [2.45, 2.75) is 6.54 Å². The average molecular weight is 232 g/mol. The van der Waals surface area contributed by atoms with Gasteiger partial charge in [-0.25, -0.2) is 14.1 Å². The smallest absolute Gasteiger partial charge is 0.252 e. The Morgan fingerprint density at radius 1 is 1.53 bits per heavy atom. The van der Waals surface area contributed by atoms with Crippen molar-refractivity contribution in [3.05, 3.63) is 41.7 Å². The zero-order valence-electron chi connectivity index (χ0n) is 9.09. The summed E-state index contributed by atoms with van der Waals surface area (Å²) in [5.41, 5.74) is 0.429. The van der Waals surface area contributed by atoms with Crippen LogP contribution in [-0.4, -0.2) is 21.9 Å². The van der Waals surface area contributed by atoms with Gasteiger partial charge in [-0.05, 0) is 6.07 Å². The van der Waals surface area contributed by atoms with E-state index in [9.17, 15) is 4.39 Å². The number of methoxy groups -OCH3 is 1. The Morgan fingerprint density at radius 3 is 3.00 bits per heavy atom. The minimum Gasteiger partial charge on any atom is -0.494 e. The van der Waals surface area contributed by atoms with E-state index in [0.29, 0.717) is 5.56 Å². The van der Waals surface area contributed by atoms with Crippen LogP contribution < -0.4 is 4.74 Å². The molecule has 1 aromatic heterocycles. The highest BCUT2D eigenvalue weighted by Crippen LogP contribution is 2.20. The SMILES string of the molecule is COc1cccc(Cn2cnc(C#N)n2)c1F. The predicted molar refractivity (Wildman–Crippen MR) is 56.8 cm³/mol. The molecule has 86 valence electrons. The van der Waals surface area contributed by atoms with Crippen LogP contribution in [0.3, 0.4) is 0 Å². The first kappa shape index (κ1) is 11.1. The molecule has 0 spiro atoms. The second-order valence-electron chi connectivity index (χ2n) is 3.31. The minimum absolute atomic E-state index is 0.0632. The van der Waals surface area contributed by atoms with Crippen molar-refractivity contribution in [2.24, 2.45) is 0 Å². The summed E-state index contributed by atoms with van der Waals surface area (Å²) in [7, 11) is 1.41. The van der Waals surface area contributed by atoms with Crippen molar-refractivity contribution in [1.82, 2.24) is 14.8 Å². The molecule has 0 fully saturated rings. The van der Waals surface area contributed by atoms with E-state index in [2.05, 4.69) is 10.1 Å². The monoisotopic (exact) mass is 232 g/mol. The third-order valence-electron chi connectivity index (χ3n) is 2.23. The van der Waals surface area contributed by atoms with Gasteiger partial charge in [-0.15, -0.1) is 5.10 Å². The molecule has 0 atom stereocenters. The van der Waals surface area contributed by atoms with Crippen molar-refractivity contribution in [3.63, 3.8) is 0 Å². The molecule has 0 aliphatic heterocycles. The fraction of sp³-hybridized carbons (Fsp3) is 0.182. The van der Waals surface area contributed by atoms with Crippen LogP contribution in [0.15, 0.2) is 24.5 Å². The number of benzene rings is 1. The molecule has 2 aromatic rings. The Balaban J connectivity index is 2.27. The van der Waals surface area contributed by atoms with Gasteiger partial charge in [0, 0.05) is 5.56 Å². The van der Waals surface area contributed by atoms with Crippen molar-refractivity contribution in [1.29, 1.82) is 5.26 Å². The van der Waals surface area contributed by atoms with E-state index < -0.39 is 5.82 Å². The Bertz CT molecular complexity index is 573. The van der Waals surface area contributed by atoms with E-state index in [1.54, 1.807) is 18.2 Å². The molecule has 0 saturated carbocycles. The van der Waals surface area contributed by atoms with Gasteiger partial charge in [0.1, 0.15) is 12.4 Å². The summed E-state index contributed by atoms with van der Waals surface area (Å²) in [5.74, 6) is -0.180. The Kier molecular flexibility index (Phi) is 3.01. The molecule has 0 radical (unpaired) electrons. The maximum Gasteiger partial charge on any atom is 0.252 e. The number of rotatable bonds is 3. The standard InChI is InChI=1S/C11H9FN4O/c1-17-9-4-2-3-8(11(9)12)6-16-7-14-10(5-13)15-16/h2-4,7H,6H2,1H3. The molecule has 0 aliphatic carbocycles. The summed E-state index contributed by atoms with van der Waals surface area (Å²) in [6.07, 6.45) is 1.39. The molecular formula is C11H9FN4O. The van der Waals surface area contributed by atoms with Gasteiger partial charge in [-0.3, -0.25) is 0 Å². The highest BCUT2D eigenvalue weighted by Gasteiger charge is 2.09. The van der Waals surface area contributed by atoms with E-state index in [4.69, 9.17) is 10.00 Å². The summed E-state index contributed by atoms with van der Waals surface area (Å²) in [6.45, 7) is 0.206. The van der Waals surface area contributed by atoms with Gasteiger partial charge >= 0.3 is 0 Å². The van der Waals surface area contributed by atoms with Crippen LogP contribution in [0.4, 0.5) is 4.39 Å². The van der Waals surface area contributed by atoms with E-state index in [1.165, 1.54) is 18.1 Å². The number of hydrogen-bond acceptors (Lipinski definition) is 4. The molecule has 2 rings (SSSR count). The van der Waals surface area contributed by atoms with E-state index in [1.807, 2.05) is 6.07 Å². The highest BCUT2D eigenvalue weighted by atomic mass is 19.1. The number of nitrogens with zero attached hydrogens (tertiary/aromatic N) is 4. The maximum atomic E-state index is 13.8. The summed E-state index contributed by atoms with van der Waals surface area (Å²) in [6, 6.07) is 6.68. The lowest BCUT2D eigenvalue weighted by molar-refractivity contribution is 0.383. The van der Waals surface area contributed by atoms with Gasteiger partial charge in [0.25, 0.3) is 5.82 Å². The summed E-state index contributed by atoms with van der Waals surface area (Å²) >= 11 is 0. The average Bonchev–Trinajstić information content (AvgIpc) is 2.79. The van der Waals surface area contributed by atoms with Crippen LogP contribution in [0.5, 0.6) is 5.75 Å². The molecule has 17 heavy (non-hydrogen) atoms. The first-order chi connectivity index (χ1) is 8.24. The van der Waals surface area contributed by atoms with Crippen LogP contribution in [0.1, 0.15) is 11.4 Å². The van der Waals surface area contributed by atoms with Gasteiger partial charge in [0.15, 0.2) is 11.6 Å². The molecule has 0 aliphatic rings. The Labute approximate surface area is 97.1 Å². The lowest BCUT2D eigenvalue weighted by Crippen LogP contribution is -2.04. The van der Waals surface area contributed by atoms with Crippen molar-refractivity contribution in [3.8, 4) is 11.8 Å². The van der Waals surface area contributed by atoms with Crippen LogP contribution in [0.2, 0.25) is 0 Å².